The second-order valence-corrected chi connectivity index (χ2v) is 24.9. The van der Waals surface area contributed by atoms with E-state index in [2.05, 4.69) is 282 Å². The van der Waals surface area contributed by atoms with Gasteiger partial charge in [0.2, 0.25) is 0 Å². The van der Waals surface area contributed by atoms with E-state index in [9.17, 15) is 0 Å². The molecule has 0 amide bonds. The highest BCUT2D eigenvalue weighted by Gasteiger charge is 2.36. The zero-order valence-electron chi connectivity index (χ0n) is 45.2. The lowest BCUT2D eigenvalue weighted by molar-refractivity contribution is -0.611. The molecular weight excluding hydrogens is 865 g/mol. The Morgan fingerprint density at radius 3 is 1.66 bits per heavy atom. The van der Waals surface area contributed by atoms with Crippen LogP contribution in [0.15, 0.2) is 158 Å². The van der Waals surface area contributed by atoms with Crippen LogP contribution in [-0.2, 0) is 32.5 Å². The Balaban J connectivity index is 1.29. The predicted octanol–water partition coefficient (Wildman–Crippen LogP) is 16.7. The Morgan fingerprint density at radius 2 is 1.06 bits per heavy atom. The summed E-state index contributed by atoms with van der Waals surface area (Å²) in [5.74, 6) is 2.42. The predicted molar refractivity (Wildman–Crippen MR) is 297 cm³/mol. The molecule has 9 aromatic rings. The number of hydrogen-bond acceptors (Lipinski definition) is 2. The van der Waals surface area contributed by atoms with Gasteiger partial charge in [-0.25, -0.2) is 4.98 Å². The van der Waals surface area contributed by atoms with Crippen molar-refractivity contribution in [2.75, 3.05) is 0 Å². The average Bonchev–Trinajstić information content (AvgIpc) is 3.90. The van der Waals surface area contributed by atoms with Gasteiger partial charge in [0, 0.05) is 33.9 Å². The smallest absolute Gasteiger partial charge is 0.269 e. The zero-order chi connectivity index (χ0) is 51.1. The topological polar surface area (TPSA) is 35.9 Å². The summed E-state index contributed by atoms with van der Waals surface area (Å²) in [6, 6.07) is 55.1. The molecule has 0 unspecified atom stereocenters. The van der Waals surface area contributed by atoms with Crippen molar-refractivity contribution in [1.82, 2.24) is 14.1 Å². The number of para-hydroxylation sites is 1. The Hall–Kier alpha value is -6.72. The molecule has 364 valence electrons. The SMILES string of the molecule is CC(C)(C)c1ccnc(-n2c3ccccc3c3c(C(C)(C)C)cc(Oc4cc(-n5[c-][n+](-c6cccc(C(C)(C)c7ccccc7)c6)c(C(C)(C)C)c5C(C)(C)C)cc(C(C)(C)c5ccccc5)c4)cc32)c1. The Bertz CT molecular complexity index is 3410. The van der Waals surface area contributed by atoms with Crippen LogP contribution in [0.25, 0.3) is 39.0 Å². The molecule has 0 N–H and O–H groups in total. The van der Waals surface area contributed by atoms with Crippen molar-refractivity contribution in [2.45, 2.75) is 143 Å². The van der Waals surface area contributed by atoms with E-state index in [0.717, 1.165) is 45.3 Å². The number of fused-ring (bicyclic) bond motifs is 3. The van der Waals surface area contributed by atoms with Gasteiger partial charge >= 0.3 is 0 Å². The monoisotopic (exact) mass is 939 g/mol. The molecule has 0 bridgehead atoms. The first-order valence-corrected chi connectivity index (χ1v) is 25.5. The summed E-state index contributed by atoms with van der Waals surface area (Å²) in [4.78, 5) is 5.03. The fourth-order valence-electron chi connectivity index (χ4n) is 10.5. The standard InChI is InChI=1S/C66H74N4O/c1-61(2,3)46-34-35-67-57(39-46)70-55-33-24-23-32-53(55)58-54(62(4,5)6)41-52(42-56(58)70)71-51-38-48(66(15,16)45-28-21-18-22-29-45)37-50(40-51)69-43-68(59(63(7,8)9)60(69)64(10,11)12)49-31-25-30-47(36-49)65(13,14)44-26-19-17-20-27-44/h17-42H,1-16H3. The largest absolute Gasteiger partial charge is 0.458 e. The van der Waals surface area contributed by atoms with Crippen molar-refractivity contribution >= 4 is 21.8 Å². The third-order valence-corrected chi connectivity index (χ3v) is 14.6. The molecule has 0 aliphatic heterocycles. The van der Waals surface area contributed by atoms with E-state index in [1.165, 1.54) is 50.0 Å². The van der Waals surface area contributed by atoms with E-state index in [1.807, 2.05) is 6.20 Å². The highest BCUT2D eigenvalue weighted by molar-refractivity contribution is 6.11. The molecule has 0 aliphatic rings. The highest BCUT2D eigenvalue weighted by Crippen LogP contribution is 2.44. The van der Waals surface area contributed by atoms with Gasteiger partial charge in [0.15, 0.2) is 0 Å². The van der Waals surface area contributed by atoms with Crippen LogP contribution >= 0.6 is 0 Å². The van der Waals surface area contributed by atoms with E-state index in [4.69, 9.17) is 9.72 Å². The second-order valence-electron chi connectivity index (χ2n) is 24.9. The van der Waals surface area contributed by atoms with Gasteiger partial charge in [-0.05, 0) is 110 Å². The Kier molecular flexibility index (Phi) is 12.2. The molecule has 0 atom stereocenters. The van der Waals surface area contributed by atoms with E-state index in [0.29, 0.717) is 0 Å². The maximum Gasteiger partial charge on any atom is 0.269 e. The molecule has 5 heteroatoms. The van der Waals surface area contributed by atoms with Gasteiger partial charge in [0.05, 0.1) is 33.8 Å². The van der Waals surface area contributed by atoms with Gasteiger partial charge in [-0.2, -0.15) is 0 Å². The van der Waals surface area contributed by atoms with Crippen LogP contribution in [0, 0.1) is 6.33 Å². The molecule has 9 rings (SSSR count). The maximum atomic E-state index is 7.36. The minimum atomic E-state index is -0.374. The van der Waals surface area contributed by atoms with Crippen LogP contribution in [0.2, 0.25) is 0 Å². The molecule has 0 spiro atoms. The molecule has 0 aliphatic carbocycles. The van der Waals surface area contributed by atoms with E-state index in [1.54, 1.807) is 0 Å². The van der Waals surface area contributed by atoms with Crippen molar-refractivity contribution in [2.24, 2.45) is 0 Å². The van der Waals surface area contributed by atoms with Crippen LogP contribution in [0.1, 0.15) is 156 Å². The minimum Gasteiger partial charge on any atom is -0.458 e. The molecule has 5 nitrogen and oxygen atoms in total. The van der Waals surface area contributed by atoms with E-state index < -0.39 is 0 Å². The number of hydrogen-bond donors (Lipinski definition) is 0. The number of ether oxygens (including phenoxy) is 1. The fraction of sp³-hybridized carbons (Fsp3) is 0.333. The number of nitrogens with zero attached hydrogens (tertiary/aromatic N) is 4. The van der Waals surface area contributed by atoms with Gasteiger partial charge in [-0.3, -0.25) is 13.7 Å². The third kappa shape index (κ3) is 9.25. The fourth-order valence-corrected chi connectivity index (χ4v) is 10.5. The summed E-state index contributed by atoms with van der Waals surface area (Å²) in [5, 5.41) is 2.42. The van der Waals surface area contributed by atoms with E-state index in [-0.39, 0.29) is 32.5 Å². The van der Waals surface area contributed by atoms with Crippen LogP contribution in [0.4, 0.5) is 0 Å². The number of benzene rings is 6. The lowest BCUT2D eigenvalue weighted by Crippen LogP contribution is -2.41. The first-order valence-electron chi connectivity index (χ1n) is 25.5. The third-order valence-electron chi connectivity index (χ3n) is 14.6. The molecule has 0 saturated carbocycles. The summed E-state index contributed by atoms with van der Waals surface area (Å²) in [6.07, 6.45) is 5.95. The van der Waals surface area contributed by atoms with Crippen molar-refractivity contribution in [1.29, 1.82) is 0 Å². The number of pyridine rings is 1. The average molecular weight is 939 g/mol. The first-order chi connectivity index (χ1) is 33.2. The summed E-state index contributed by atoms with van der Waals surface area (Å²) in [5.41, 5.74) is 12.7. The summed E-state index contributed by atoms with van der Waals surface area (Å²) in [7, 11) is 0. The molecule has 3 heterocycles. The number of aromatic nitrogens is 4. The molecule has 71 heavy (non-hydrogen) atoms. The van der Waals surface area contributed by atoms with Crippen molar-refractivity contribution in [3.05, 3.63) is 209 Å². The van der Waals surface area contributed by atoms with Gasteiger partial charge in [-0.15, -0.1) is 0 Å². The van der Waals surface area contributed by atoms with Crippen LogP contribution < -0.4 is 9.30 Å². The number of imidazole rings is 1. The van der Waals surface area contributed by atoms with Gasteiger partial charge < -0.3 is 4.74 Å². The van der Waals surface area contributed by atoms with Crippen LogP contribution in [-0.4, -0.2) is 14.1 Å². The van der Waals surface area contributed by atoms with Crippen LogP contribution in [0.5, 0.6) is 11.5 Å². The minimum absolute atomic E-state index is 0.0439. The normalized spacial score (nSPS) is 13.1. The Morgan fingerprint density at radius 1 is 0.465 bits per heavy atom. The van der Waals surface area contributed by atoms with Crippen molar-refractivity contribution in [3.8, 4) is 28.7 Å². The quantitative estimate of drug-likeness (QED) is 0.107. The van der Waals surface area contributed by atoms with Crippen molar-refractivity contribution < 1.29 is 9.30 Å². The molecular formula is C66H74N4O. The highest BCUT2D eigenvalue weighted by atomic mass is 16.5. The molecule has 0 radical (unpaired) electrons. The zero-order valence-corrected chi connectivity index (χ0v) is 45.2. The maximum absolute atomic E-state index is 7.36. The summed E-state index contributed by atoms with van der Waals surface area (Å²) in [6.45, 7) is 36.9. The lowest BCUT2D eigenvalue weighted by Gasteiger charge is -2.31. The Labute approximate surface area is 424 Å². The van der Waals surface area contributed by atoms with E-state index >= 15 is 0 Å². The summed E-state index contributed by atoms with van der Waals surface area (Å²) >= 11 is 0. The molecule has 0 fully saturated rings. The second kappa shape index (κ2) is 17.5. The van der Waals surface area contributed by atoms with Gasteiger partial charge in [-0.1, -0.05) is 202 Å². The molecule has 3 aromatic heterocycles. The van der Waals surface area contributed by atoms with Gasteiger partial charge in [0.25, 0.3) is 6.33 Å². The molecule has 0 saturated heterocycles. The summed E-state index contributed by atoms with van der Waals surface area (Å²) < 4.78 is 14.3. The number of rotatable bonds is 9. The molecule has 6 aromatic carbocycles. The van der Waals surface area contributed by atoms with Crippen LogP contribution in [0.3, 0.4) is 0 Å². The van der Waals surface area contributed by atoms with Gasteiger partial charge in [0.1, 0.15) is 17.3 Å². The van der Waals surface area contributed by atoms with Crippen molar-refractivity contribution in [3.63, 3.8) is 0 Å². The lowest BCUT2D eigenvalue weighted by atomic mass is 9.77. The first kappa shape index (κ1) is 49.3.